The van der Waals surface area contributed by atoms with Gasteiger partial charge in [-0.1, -0.05) is 24.3 Å². The van der Waals surface area contributed by atoms with Gasteiger partial charge in [0.25, 0.3) is 0 Å². The zero-order valence-electron chi connectivity index (χ0n) is 8.61. The number of sulfonamides is 1. The molecule has 0 radical (unpaired) electrons. The number of hydrogen-bond acceptors (Lipinski definition) is 2. The Labute approximate surface area is 85.2 Å². The van der Waals surface area contributed by atoms with E-state index in [0.29, 0.717) is 0 Å². The molecule has 14 heavy (non-hydrogen) atoms. The summed E-state index contributed by atoms with van der Waals surface area (Å²) in [6, 6.07) is 7.56. The molecule has 0 spiro atoms. The van der Waals surface area contributed by atoms with Crippen molar-refractivity contribution in [3.05, 3.63) is 35.4 Å². The molecule has 3 nitrogen and oxygen atoms in total. The molecule has 78 valence electrons. The second kappa shape index (κ2) is 4.11. The highest BCUT2D eigenvalue weighted by molar-refractivity contribution is 7.88. The third-order valence-electron chi connectivity index (χ3n) is 2.05. The summed E-state index contributed by atoms with van der Waals surface area (Å²) >= 11 is 0. The van der Waals surface area contributed by atoms with Gasteiger partial charge < -0.3 is 0 Å². The van der Waals surface area contributed by atoms with Crippen LogP contribution in [0.25, 0.3) is 0 Å². The minimum absolute atomic E-state index is 0.175. The zero-order chi connectivity index (χ0) is 10.8. The summed E-state index contributed by atoms with van der Waals surface area (Å²) in [6.07, 6.45) is 1.17. The molecule has 1 N–H and O–H groups in total. The van der Waals surface area contributed by atoms with Gasteiger partial charge in [0.2, 0.25) is 10.0 Å². The molecule has 0 aliphatic carbocycles. The molecule has 1 aromatic rings. The van der Waals surface area contributed by atoms with Crippen LogP contribution in [-0.4, -0.2) is 14.7 Å². The molecule has 0 fully saturated rings. The summed E-state index contributed by atoms with van der Waals surface area (Å²) in [7, 11) is -3.14. The van der Waals surface area contributed by atoms with Crippen LogP contribution in [-0.2, 0) is 10.0 Å². The molecule has 0 bridgehead atoms. The van der Waals surface area contributed by atoms with Crippen LogP contribution in [0.2, 0.25) is 0 Å². The Bertz CT molecular complexity index is 412. The topological polar surface area (TPSA) is 46.2 Å². The normalized spacial score (nSPS) is 13.9. The summed E-state index contributed by atoms with van der Waals surface area (Å²) in [5, 5.41) is 0. The van der Waals surface area contributed by atoms with Crippen molar-refractivity contribution >= 4 is 10.0 Å². The van der Waals surface area contributed by atoms with Crippen molar-refractivity contribution in [2.24, 2.45) is 0 Å². The quantitative estimate of drug-likeness (QED) is 0.829. The first-order chi connectivity index (χ1) is 6.40. The molecule has 0 saturated heterocycles. The maximum Gasteiger partial charge on any atom is 0.209 e. The summed E-state index contributed by atoms with van der Waals surface area (Å²) in [6.45, 7) is 3.80. The monoisotopic (exact) mass is 213 g/mol. The molecule has 0 aromatic heterocycles. The van der Waals surface area contributed by atoms with Gasteiger partial charge in [0, 0.05) is 6.04 Å². The summed E-state index contributed by atoms with van der Waals surface area (Å²) in [5.41, 5.74) is 2.11. The van der Waals surface area contributed by atoms with Gasteiger partial charge >= 0.3 is 0 Å². The first-order valence-corrected chi connectivity index (χ1v) is 6.32. The van der Waals surface area contributed by atoms with E-state index in [2.05, 4.69) is 4.72 Å². The van der Waals surface area contributed by atoms with Crippen LogP contribution in [0.15, 0.2) is 24.3 Å². The fraction of sp³-hybridized carbons (Fsp3) is 0.400. The van der Waals surface area contributed by atoms with Crippen LogP contribution in [0.3, 0.4) is 0 Å². The van der Waals surface area contributed by atoms with Gasteiger partial charge in [-0.3, -0.25) is 0 Å². The SMILES string of the molecule is Cc1ccccc1C(C)NS(C)(=O)=O. The Hall–Kier alpha value is -0.870. The van der Waals surface area contributed by atoms with E-state index < -0.39 is 10.0 Å². The third kappa shape index (κ3) is 3.12. The number of benzene rings is 1. The van der Waals surface area contributed by atoms with E-state index in [9.17, 15) is 8.42 Å². The fourth-order valence-electron chi connectivity index (χ4n) is 1.46. The van der Waals surface area contributed by atoms with Gasteiger partial charge in [0.1, 0.15) is 0 Å². The summed E-state index contributed by atoms with van der Waals surface area (Å²) in [5.74, 6) is 0. The second-order valence-corrected chi connectivity index (χ2v) is 5.25. The number of hydrogen-bond donors (Lipinski definition) is 1. The number of rotatable bonds is 3. The fourth-order valence-corrected chi connectivity index (χ4v) is 2.23. The highest BCUT2D eigenvalue weighted by Gasteiger charge is 2.11. The lowest BCUT2D eigenvalue weighted by Crippen LogP contribution is -2.25. The lowest BCUT2D eigenvalue weighted by molar-refractivity contribution is 0.572. The standard InChI is InChI=1S/C10H15NO2S/c1-8-6-4-5-7-10(8)9(2)11-14(3,12)13/h4-7,9,11H,1-3H3. The van der Waals surface area contributed by atoms with Crippen molar-refractivity contribution < 1.29 is 8.42 Å². The van der Waals surface area contributed by atoms with Crippen LogP contribution >= 0.6 is 0 Å². The van der Waals surface area contributed by atoms with Crippen molar-refractivity contribution in [2.45, 2.75) is 19.9 Å². The van der Waals surface area contributed by atoms with Gasteiger partial charge in [-0.25, -0.2) is 13.1 Å². The minimum atomic E-state index is -3.14. The van der Waals surface area contributed by atoms with Crippen molar-refractivity contribution in [3.63, 3.8) is 0 Å². The largest absolute Gasteiger partial charge is 0.213 e. The van der Waals surface area contributed by atoms with E-state index in [1.807, 2.05) is 38.1 Å². The van der Waals surface area contributed by atoms with Gasteiger partial charge in [0.15, 0.2) is 0 Å². The van der Waals surface area contributed by atoms with E-state index in [0.717, 1.165) is 11.1 Å². The Balaban J connectivity index is 2.90. The van der Waals surface area contributed by atoms with E-state index in [1.54, 1.807) is 0 Å². The van der Waals surface area contributed by atoms with Crippen LogP contribution in [0.4, 0.5) is 0 Å². The molecule has 1 rings (SSSR count). The van der Waals surface area contributed by atoms with Crippen molar-refractivity contribution in [2.75, 3.05) is 6.26 Å². The van der Waals surface area contributed by atoms with Crippen LogP contribution < -0.4 is 4.72 Å². The maximum atomic E-state index is 11.0. The average Bonchev–Trinajstić information content (AvgIpc) is 2.01. The molecule has 0 saturated carbocycles. The van der Waals surface area contributed by atoms with Crippen LogP contribution in [0.5, 0.6) is 0 Å². The molecule has 0 aliphatic heterocycles. The lowest BCUT2D eigenvalue weighted by Gasteiger charge is -2.14. The second-order valence-electron chi connectivity index (χ2n) is 3.47. The van der Waals surface area contributed by atoms with Gasteiger partial charge in [-0.15, -0.1) is 0 Å². The number of aryl methyl sites for hydroxylation is 1. The molecule has 0 heterocycles. The van der Waals surface area contributed by atoms with Gasteiger partial charge in [0.05, 0.1) is 6.26 Å². The predicted octanol–water partition coefficient (Wildman–Crippen LogP) is 1.61. The Kier molecular flexibility index (Phi) is 3.29. The molecule has 0 aliphatic rings. The lowest BCUT2D eigenvalue weighted by atomic mass is 10.0. The molecule has 1 atom stereocenters. The minimum Gasteiger partial charge on any atom is -0.213 e. The Morgan fingerprint density at radius 2 is 1.86 bits per heavy atom. The maximum absolute atomic E-state index is 11.0. The highest BCUT2D eigenvalue weighted by Crippen LogP contribution is 2.16. The average molecular weight is 213 g/mol. The van der Waals surface area contributed by atoms with E-state index in [1.165, 1.54) is 6.26 Å². The van der Waals surface area contributed by atoms with E-state index in [4.69, 9.17) is 0 Å². The van der Waals surface area contributed by atoms with Gasteiger partial charge in [-0.2, -0.15) is 0 Å². The first kappa shape index (κ1) is 11.2. The first-order valence-electron chi connectivity index (χ1n) is 4.43. The third-order valence-corrected chi connectivity index (χ3v) is 2.83. The molecular formula is C10H15NO2S. The molecule has 0 amide bonds. The van der Waals surface area contributed by atoms with E-state index >= 15 is 0 Å². The van der Waals surface area contributed by atoms with Crippen molar-refractivity contribution in [1.82, 2.24) is 4.72 Å². The Morgan fingerprint density at radius 3 is 2.36 bits per heavy atom. The number of nitrogens with one attached hydrogen (secondary N) is 1. The smallest absolute Gasteiger partial charge is 0.209 e. The molecular weight excluding hydrogens is 198 g/mol. The van der Waals surface area contributed by atoms with Crippen molar-refractivity contribution in [1.29, 1.82) is 0 Å². The summed E-state index contributed by atoms with van der Waals surface area (Å²) in [4.78, 5) is 0. The van der Waals surface area contributed by atoms with Crippen molar-refractivity contribution in [3.8, 4) is 0 Å². The summed E-state index contributed by atoms with van der Waals surface area (Å²) < 4.78 is 24.6. The highest BCUT2D eigenvalue weighted by atomic mass is 32.2. The molecule has 1 aromatic carbocycles. The Morgan fingerprint density at radius 1 is 1.29 bits per heavy atom. The van der Waals surface area contributed by atoms with Crippen LogP contribution in [0, 0.1) is 6.92 Å². The predicted molar refractivity (Wildman–Crippen MR) is 57.6 cm³/mol. The molecule has 4 heteroatoms. The molecule has 1 unspecified atom stereocenters. The van der Waals surface area contributed by atoms with Crippen LogP contribution in [0.1, 0.15) is 24.1 Å². The van der Waals surface area contributed by atoms with Gasteiger partial charge in [-0.05, 0) is 25.0 Å². The zero-order valence-corrected chi connectivity index (χ0v) is 9.43. The van der Waals surface area contributed by atoms with E-state index in [-0.39, 0.29) is 6.04 Å².